The summed E-state index contributed by atoms with van der Waals surface area (Å²) in [4.78, 5) is 25.5. The second kappa shape index (κ2) is 7.05. The van der Waals surface area contributed by atoms with Crippen LogP contribution in [0.1, 0.15) is 50.9 Å². The van der Waals surface area contributed by atoms with E-state index in [-0.39, 0.29) is 11.9 Å². The molecule has 0 saturated heterocycles. The Hall–Kier alpha value is -2.34. The van der Waals surface area contributed by atoms with E-state index in [9.17, 15) is 9.59 Å². The van der Waals surface area contributed by atoms with Crippen molar-refractivity contribution in [1.29, 1.82) is 0 Å². The van der Waals surface area contributed by atoms with Crippen molar-refractivity contribution in [2.24, 2.45) is 0 Å². The first-order valence-electron chi connectivity index (χ1n) is 8.08. The van der Waals surface area contributed by atoms with E-state index in [1.165, 1.54) is 16.2 Å². The molecule has 0 fully saturated rings. The minimum atomic E-state index is -0.369. The van der Waals surface area contributed by atoms with Crippen LogP contribution < -0.4 is 11.1 Å². The first kappa shape index (κ1) is 16.5. The number of carbonyl (C=O) groups is 2. The number of carbonyl (C=O) groups excluding carboxylic acids is 2. The van der Waals surface area contributed by atoms with Crippen molar-refractivity contribution < 1.29 is 14.3 Å². The molecule has 24 heavy (non-hydrogen) atoms. The van der Waals surface area contributed by atoms with Gasteiger partial charge in [0.15, 0.2) is 0 Å². The number of rotatable bonds is 4. The van der Waals surface area contributed by atoms with Gasteiger partial charge in [0.2, 0.25) is 0 Å². The summed E-state index contributed by atoms with van der Waals surface area (Å²) in [5, 5.41) is 3.45. The predicted molar refractivity (Wildman–Crippen MR) is 95.7 cm³/mol. The number of fused-ring (bicyclic) bond motifs is 1. The number of ether oxygens (including phenoxy) is 1. The lowest BCUT2D eigenvalue weighted by molar-refractivity contribution is 0.0526. The van der Waals surface area contributed by atoms with Crippen molar-refractivity contribution in [3.05, 3.63) is 45.8 Å². The highest BCUT2D eigenvalue weighted by Gasteiger charge is 2.24. The molecule has 1 aliphatic carbocycles. The van der Waals surface area contributed by atoms with Gasteiger partial charge in [-0.2, -0.15) is 0 Å². The lowest BCUT2D eigenvalue weighted by atomic mass is 9.95. The van der Waals surface area contributed by atoms with Crippen LogP contribution >= 0.6 is 11.3 Å². The Balaban J connectivity index is 1.76. The second-order valence-electron chi connectivity index (χ2n) is 5.70. The van der Waals surface area contributed by atoms with Crippen LogP contribution in [0.2, 0.25) is 0 Å². The van der Waals surface area contributed by atoms with Crippen LogP contribution in [0.25, 0.3) is 0 Å². The molecule has 1 amide bonds. The third-order valence-corrected chi connectivity index (χ3v) is 5.20. The highest BCUT2D eigenvalue weighted by atomic mass is 32.1. The third-order valence-electron chi connectivity index (χ3n) is 4.08. The molecule has 1 aliphatic rings. The Morgan fingerprint density at radius 2 is 1.92 bits per heavy atom. The summed E-state index contributed by atoms with van der Waals surface area (Å²) in [7, 11) is 0. The minimum Gasteiger partial charge on any atom is -0.462 e. The summed E-state index contributed by atoms with van der Waals surface area (Å²) in [6.45, 7) is 2.10. The molecule has 0 atom stereocenters. The van der Waals surface area contributed by atoms with E-state index in [0.717, 1.165) is 31.2 Å². The number of nitrogens with two attached hydrogens (primary N) is 1. The first-order valence-corrected chi connectivity index (χ1v) is 8.90. The second-order valence-corrected chi connectivity index (χ2v) is 6.84. The third kappa shape index (κ3) is 3.28. The Kier molecular flexibility index (Phi) is 4.85. The molecule has 0 radical (unpaired) electrons. The van der Waals surface area contributed by atoms with Gasteiger partial charge in [-0.15, -0.1) is 11.3 Å². The standard InChI is InChI=1S/C18H20N2O3S/c1-2-23-18(22)11-7-9-12(10-8-11)20-17(21)15-13-5-3-4-6-14(13)24-16(15)19/h7-10H,2-6,19H2,1H3,(H,20,21). The lowest BCUT2D eigenvalue weighted by Gasteiger charge is -2.13. The normalized spacial score (nSPS) is 13.2. The topological polar surface area (TPSA) is 81.4 Å². The predicted octanol–water partition coefficient (Wildman–Crippen LogP) is 3.64. The van der Waals surface area contributed by atoms with Crippen molar-refractivity contribution in [3.63, 3.8) is 0 Å². The smallest absolute Gasteiger partial charge is 0.338 e. The minimum absolute atomic E-state index is 0.184. The number of aryl methyl sites for hydroxylation is 1. The number of thiophene rings is 1. The molecule has 3 N–H and O–H groups in total. The molecule has 2 aromatic rings. The fraction of sp³-hybridized carbons (Fsp3) is 0.333. The number of nitrogen functional groups attached to an aromatic ring is 1. The van der Waals surface area contributed by atoms with Crippen LogP contribution in [0.5, 0.6) is 0 Å². The molecule has 6 heteroatoms. The largest absolute Gasteiger partial charge is 0.462 e. The first-order chi connectivity index (χ1) is 11.6. The lowest BCUT2D eigenvalue weighted by Crippen LogP contribution is -2.16. The number of benzene rings is 1. The van der Waals surface area contributed by atoms with E-state index >= 15 is 0 Å². The van der Waals surface area contributed by atoms with Crippen molar-refractivity contribution >= 4 is 33.9 Å². The van der Waals surface area contributed by atoms with E-state index in [2.05, 4.69) is 5.32 Å². The van der Waals surface area contributed by atoms with E-state index in [0.29, 0.717) is 28.4 Å². The molecule has 0 spiro atoms. The Labute approximate surface area is 144 Å². The molecule has 0 unspecified atom stereocenters. The van der Waals surface area contributed by atoms with E-state index in [4.69, 9.17) is 10.5 Å². The van der Waals surface area contributed by atoms with Gasteiger partial charge in [0.1, 0.15) is 0 Å². The summed E-state index contributed by atoms with van der Waals surface area (Å²) < 4.78 is 4.94. The van der Waals surface area contributed by atoms with E-state index in [1.807, 2.05) is 0 Å². The van der Waals surface area contributed by atoms with Gasteiger partial charge in [0.05, 0.1) is 22.7 Å². The van der Waals surface area contributed by atoms with Gasteiger partial charge < -0.3 is 15.8 Å². The average Bonchev–Trinajstić information content (AvgIpc) is 2.91. The number of hydrogen-bond acceptors (Lipinski definition) is 5. The zero-order valence-electron chi connectivity index (χ0n) is 13.6. The number of esters is 1. The molecule has 5 nitrogen and oxygen atoms in total. The van der Waals surface area contributed by atoms with Crippen LogP contribution in [0.3, 0.4) is 0 Å². The van der Waals surface area contributed by atoms with Gasteiger partial charge in [0.25, 0.3) is 5.91 Å². The maximum Gasteiger partial charge on any atom is 0.338 e. The Morgan fingerprint density at radius 3 is 2.62 bits per heavy atom. The Morgan fingerprint density at radius 1 is 1.21 bits per heavy atom. The number of hydrogen-bond donors (Lipinski definition) is 2. The van der Waals surface area contributed by atoms with E-state index in [1.54, 1.807) is 31.2 Å². The van der Waals surface area contributed by atoms with Gasteiger partial charge in [-0.25, -0.2) is 4.79 Å². The summed E-state index contributed by atoms with van der Waals surface area (Å²) in [6, 6.07) is 6.67. The van der Waals surface area contributed by atoms with Crippen LogP contribution in [0.15, 0.2) is 24.3 Å². The molecule has 126 valence electrons. The van der Waals surface area contributed by atoms with Crippen molar-refractivity contribution in [2.45, 2.75) is 32.6 Å². The van der Waals surface area contributed by atoms with Gasteiger partial charge in [-0.1, -0.05) is 0 Å². The van der Waals surface area contributed by atoms with Crippen molar-refractivity contribution in [2.75, 3.05) is 17.7 Å². The van der Waals surface area contributed by atoms with Crippen LogP contribution in [-0.4, -0.2) is 18.5 Å². The highest BCUT2D eigenvalue weighted by Crippen LogP contribution is 2.36. The van der Waals surface area contributed by atoms with Crippen molar-refractivity contribution in [1.82, 2.24) is 0 Å². The summed E-state index contributed by atoms with van der Waals surface area (Å²) in [5.41, 5.74) is 8.87. The SMILES string of the molecule is CCOC(=O)c1ccc(NC(=O)c2c(N)sc3c2CCCC3)cc1. The Bertz CT molecular complexity index is 765. The maximum absolute atomic E-state index is 12.6. The van der Waals surface area contributed by atoms with Gasteiger partial charge in [-0.3, -0.25) is 4.79 Å². The number of anilines is 2. The molecular formula is C18H20N2O3S. The van der Waals surface area contributed by atoms with Crippen LogP contribution in [0.4, 0.5) is 10.7 Å². The fourth-order valence-corrected chi connectivity index (χ4v) is 4.09. The van der Waals surface area contributed by atoms with Gasteiger partial charge in [-0.05, 0) is 62.4 Å². The molecular weight excluding hydrogens is 324 g/mol. The van der Waals surface area contributed by atoms with E-state index < -0.39 is 0 Å². The summed E-state index contributed by atoms with van der Waals surface area (Å²) in [5.74, 6) is -0.553. The van der Waals surface area contributed by atoms with Crippen LogP contribution in [-0.2, 0) is 17.6 Å². The zero-order chi connectivity index (χ0) is 17.1. The van der Waals surface area contributed by atoms with Crippen LogP contribution in [0, 0.1) is 0 Å². The fourth-order valence-electron chi connectivity index (χ4n) is 2.93. The monoisotopic (exact) mass is 344 g/mol. The summed E-state index contributed by atoms with van der Waals surface area (Å²) in [6.07, 6.45) is 4.17. The van der Waals surface area contributed by atoms with Crippen molar-refractivity contribution in [3.8, 4) is 0 Å². The maximum atomic E-state index is 12.6. The zero-order valence-corrected chi connectivity index (χ0v) is 14.4. The molecule has 1 aromatic carbocycles. The number of amides is 1. The summed E-state index contributed by atoms with van der Waals surface area (Å²) >= 11 is 1.52. The molecule has 1 aromatic heterocycles. The number of nitrogens with one attached hydrogen (secondary N) is 1. The molecule has 0 bridgehead atoms. The average molecular weight is 344 g/mol. The van der Waals surface area contributed by atoms with Gasteiger partial charge >= 0.3 is 5.97 Å². The van der Waals surface area contributed by atoms with Gasteiger partial charge in [0, 0.05) is 10.6 Å². The molecule has 1 heterocycles. The molecule has 0 aliphatic heterocycles. The quantitative estimate of drug-likeness (QED) is 0.830. The highest BCUT2D eigenvalue weighted by molar-refractivity contribution is 7.16. The molecule has 0 saturated carbocycles. The molecule has 3 rings (SSSR count).